The number of carbonyl (C=O) groups is 1. The molecule has 0 aromatic heterocycles. The molecule has 0 aliphatic carbocycles. The van der Waals surface area contributed by atoms with Gasteiger partial charge in [0.2, 0.25) is 5.91 Å². The molecule has 106 valence electrons. The third-order valence-corrected chi connectivity index (χ3v) is 3.60. The molecular weight excluding hydrogens is 236 g/mol. The van der Waals surface area contributed by atoms with Crippen molar-refractivity contribution in [3.8, 4) is 0 Å². The molecule has 0 saturated heterocycles. The van der Waals surface area contributed by atoms with Crippen molar-refractivity contribution >= 4 is 11.6 Å². The highest BCUT2D eigenvalue weighted by molar-refractivity contribution is 5.92. The summed E-state index contributed by atoms with van der Waals surface area (Å²) in [7, 11) is 0. The highest BCUT2D eigenvalue weighted by Crippen LogP contribution is 2.26. The number of carbonyl (C=O) groups excluding carboxylic acids is 1. The third kappa shape index (κ3) is 5.03. The lowest BCUT2D eigenvalue weighted by atomic mass is 9.84. The molecule has 3 heteroatoms. The number of aryl methyl sites for hydroxylation is 2. The van der Waals surface area contributed by atoms with Crippen LogP contribution in [0.25, 0.3) is 0 Å². The molecular formula is C16H26N2O. The van der Waals surface area contributed by atoms with Gasteiger partial charge in [0.1, 0.15) is 0 Å². The van der Waals surface area contributed by atoms with E-state index in [0.717, 1.165) is 29.7 Å². The molecule has 0 radical (unpaired) electrons. The summed E-state index contributed by atoms with van der Waals surface area (Å²) in [4.78, 5) is 12.0. The Morgan fingerprint density at radius 3 is 2.32 bits per heavy atom. The van der Waals surface area contributed by atoms with Crippen molar-refractivity contribution in [1.29, 1.82) is 0 Å². The molecule has 1 aromatic rings. The maximum Gasteiger partial charge on any atom is 0.224 e. The molecule has 0 bridgehead atoms. The van der Waals surface area contributed by atoms with Crippen LogP contribution in [0.3, 0.4) is 0 Å². The fourth-order valence-corrected chi connectivity index (χ4v) is 2.18. The topological polar surface area (TPSA) is 55.1 Å². The number of rotatable bonds is 6. The standard InChI is InChI=1S/C16H26N2O/c1-12-6-5-7-13(2)15(12)18-14(19)8-9-16(3,4)10-11-17/h5-7H,8-11,17H2,1-4H3,(H,18,19). The van der Waals surface area contributed by atoms with Crippen molar-refractivity contribution < 1.29 is 4.79 Å². The van der Waals surface area contributed by atoms with Crippen LogP contribution in [0.4, 0.5) is 5.69 Å². The Kier molecular flexibility index (Phi) is 5.55. The number of nitrogens with two attached hydrogens (primary N) is 1. The Bertz CT molecular complexity index is 418. The van der Waals surface area contributed by atoms with E-state index in [-0.39, 0.29) is 11.3 Å². The van der Waals surface area contributed by atoms with Crippen LogP contribution in [0.2, 0.25) is 0 Å². The molecule has 0 aliphatic heterocycles. The van der Waals surface area contributed by atoms with Gasteiger partial charge >= 0.3 is 0 Å². The fraction of sp³-hybridized carbons (Fsp3) is 0.562. The minimum Gasteiger partial charge on any atom is -0.330 e. The molecule has 0 saturated carbocycles. The van der Waals surface area contributed by atoms with E-state index in [1.807, 2.05) is 32.0 Å². The number of anilines is 1. The molecule has 0 unspecified atom stereocenters. The van der Waals surface area contributed by atoms with E-state index in [9.17, 15) is 4.79 Å². The van der Waals surface area contributed by atoms with Crippen molar-refractivity contribution in [2.45, 2.75) is 47.0 Å². The Morgan fingerprint density at radius 2 is 1.79 bits per heavy atom. The quantitative estimate of drug-likeness (QED) is 0.825. The van der Waals surface area contributed by atoms with Gasteiger partial charge in [-0.05, 0) is 49.8 Å². The number of nitrogens with one attached hydrogen (secondary N) is 1. The molecule has 0 aliphatic rings. The van der Waals surface area contributed by atoms with Crippen LogP contribution in [0.5, 0.6) is 0 Å². The highest BCUT2D eigenvalue weighted by atomic mass is 16.1. The van der Waals surface area contributed by atoms with Gasteiger partial charge in [-0.15, -0.1) is 0 Å². The Labute approximate surface area is 116 Å². The van der Waals surface area contributed by atoms with Gasteiger partial charge in [0.25, 0.3) is 0 Å². The zero-order valence-corrected chi connectivity index (χ0v) is 12.5. The molecule has 19 heavy (non-hydrogen) atoms. The van der Waals surface area contributed by atoms with Crippen LogP contribution in [-0.2, 0) is 4.79 Å². The molecule has 1 aromatic carbocycles. The number of amides is 1. The summed E-state index contributed by atoms with van der Waals surface area (Å²) < 4.78 is 0. The summed E-state index contributed by atoms with van der Waals surface area (Å²) in [5.41, 5.74) is 8.88. The van der Waals surface area contributed by atoms with E-state index in [4.69, 9.17) is 5.73 Å². The molecule has 1 rings (SSSR count). The van der Waals surface area contributed by atoms with Gasteiger partial charge in [-0.25, -0.2) is 0 Å². The van der Waals surface area contributed by atoms with Crippen molar-refractivity contribution in [2.75, 3.05) is 11.9 Å². The second-order valence-electron chi connectivity index (χ2n) is 6.02. The average Bonchev–Trinajstić information content (AvgIpc) is 2.32. The van der Waals surface area contributed by atoms with Gasteiger partial charge in [0.15, 0.2) is 0 Å². The zero-order valence-electron chi connectivity index (χ0n) is 12.5. The largest absolute Gasteiger partial charge is 0.330 e. The maximum atomic E-state index is 12.0. The van der Waals surface area contributed by atoms with Crippen molar-refractivity contribution in [2.24, 2.45) is 11.1 Å². The van der Waals surface area contributed by atoms with Gasteiger partial charge < -0.3 is 11.1 Å². The second-order valence-corrected chi connectivity index (χ2v) is 6.02. The Morgan fingerprint density at radius 1 is 1.21 bits per heavy atom. The first-order valence-electron chi connectivity index (χ1n) is 6.92. The number of hydrogen-bond donors (Lipinski definition) is 2. The van der Waals surface area contributed by atoms with Gasteiger partial charge in [-0.2, -0.15) is 0 Å². The molecule has 0 atom stereocenters. The molecule has 0 spiro atoms. The Balaban J connectivity index is 2.57. The predicted octanol–water partition coefficient (Wildman–Crippen LogP) is 3.40. The molecule has 1 amide bonds. The van der Waals surface area contributed by atoms with Crippen molar-refractivity contribution in [1.82, 2.24) is 0 Å². The summed E-state index contributed by atoms with van der Waals surface area (Å²) >= 11 is 0. The summed E-state index contributed by atoms with van der Waals surface area (Å²) in [5, 5.41) is 3.02. The van der Waals surface area contributed by atoms with E-state index in [1.165, 1.54) is 0 Å². The fourth-order valence-electron chi connectivity index (χ4n) is 2.18. The first-order chi connectivity index (χ1) is 8.85. The number of para-hydroxylation sites is 1. The molecule has 3 nitrogen and oxygen atoms in total. The number of benzene rings is 1. The number of hydrogen-bond acceptors (Lipinski definition) is 2. The second kappa shape index (κ2) is 6.71. The van der Waals surface area contributed by atoms with E-state index in [0.29, 0.717) is 13.0 Å². The molecule has 0 heterocycles. The minimum absolute atomic E-state index is 0.0856. The maximum absolute atomic E-state index is 12.0. The summed E-state index contributed by atoms with van der Waals surface area (Å²) in [5.74, 6) is 0.0856. The average molecular weight is 262 g/mol. The van der Waals surface area contributed by atoms with Crippen LogP contribution >= 0.6 is 0 Å². The van der Waals surface area contributed by atoms with E-state index in [2.05, 4.69) is 19.2 Å². The van der Waals surface area contributed by atoms with Crippen molar-refractivity contribution in [3.63, 3.8) is 0 Å². The summed E-state index contributed by atoms with van der Waals surface area (Å²) in [6.07, 6.45) is 2.35. The molecule has 3 N–H and O–H groups in total. The van der Waals surface area contributed by atoms with Gasteiger partial charge in [-0.1, -0.05) is 32.0 Å². The monoisotopic (exact) mass is 262 g/mol. The Hall–Kier alpha value is -1.35. The minimum atomic E-state index is 0.0856. The lowest BCUT2D eigenvalue weighted by molar-refractivity contribution is -0.116. The van der Waals surface area contributed by atoms with Crippen LogP contribution < -0.4 is 11.1 Å². The van der Waals surface area contributed by atoms with Gasteiger partial charge in [-0.3, -0.25) is 4.79 Å². The highest BCUT2D eigenvalue weighted by Gasteiger charge is 2.18. The van der Waals surface area contributed by atoms with Crippen LogP contribution in [-0.4, -0.2) is 12.5 Å². The lowest BCUT2D eigenvalue weighted by Gasteiger charge is -2.23. The normalized spacial score (nSPS) is 11.4. The summed E-state index contributed by atoms with van der Waals surface area (Å²) in [6, 6.07) is 6.03. The first kappa shape index (κ1) is 15.7. The smallest absolute Gasteiger partial charge is 0.224 e. The zero-order chi connectivity index (χ0) is 14.5. The van der Waals surface area contributed by atoms with E-state index in [1.54, 1.807) is 0 Å². The van der Waals surface area contributed by atoms with Gasteiger partial charge in [0, 0.05) is 12.1 Å². The van der Waals surface area contributed by atoms with Crippen LogP contribution in [0, 0.1) is 19.3 Å². The predicted molar refractivity (Wildman–Crippen MR) is 81.2 cm³/mol. The van der Waals surface area contributed by atoms with Gasteiger partial charge in [0.05, 0.1) is 0 Å². The van der Waals surface area contributed by atoms with Crippen molar-refractivity contribution in [3.05, 3.63) is 29.3 Å². The van der Waals surface area contributed by atoms with Crippen LogP contribution in [0.15, 0.2) is 18.2 Å². The molecule has 0 fully saturated rings. The lowest BCUT2D eigenvalue weighted by Crippen LogP contribution is -2.21. The van der Waals surface area contributed by atoms with E-state index >= 15 is 0 Å². The third-order valence-electron chi connectivity index (χ3n) is 3.60. The first-order valence-corrected chi connectivity index (χ1v) is 6.92. The summed E-state index contributed by atoms with van der Waals surface area (Å²) in [6.45, 7) is 9.02. The van der Waals surface area contributed by atoms with E-state index < -0.39 is 0 Å². The SMILES string of the molecule is Cc1cccc(C)c1NC(=O)CCC(C)(C)CCN. The van der Waals surface area contributed by atoms with Crippen LogP contribution in [0.1, 0.15) is 44.2 Å².